The van der Waals surface area contributed by atoms with Crippen LogP contribution in [0.2, 0.25) is 20.1 Å². The number of anilines is 1. The van der Waals surface area contributed by atoms with Crippen molar-refractivity contribution in [1.82, 2.24) is 53.0 Å². The van der Waals surface area contributed by atoms with E-state index in [2.05, 4.69) is 58.3 Å². The highest BCUT2D eigenvalue weighted by Gasteiger charge is 2.52. The number of pyridine rings is 1. The van der Waals surface area contributed by atoms with Gasteiger partial charge < -0.3 is 128 Å². The number of phenolic OH excluding ortho intramolecular Hbond substituents is 3. The molecule has 644 valence electrons. The minimum Gasteiger partial charge on any atom is -0.508 e. The molecule has 9 amide bonds. The van der Waals surface area contributed by atoms with Crippen LogP contribution >= 0.6 is 46.4 Å². The smallest absolute Gasteiger partial charge is 0.270 e. The van der Waals surface area contributed by atoms with Crippen molar-refractivity contribution in [2.75, 3.05) is 26.1 Å². The zero-order chi connectivity index (χ0) is 87.5. The molecule has 2 fully saturated rings. The number of fused-ring (bicyclic) bond motifs is 15. The number of halogens is 4. The first-order valence-electron chi connectivity index (χ1n) is 37.7. The molecule has 2 saturated heterocycles. The fourth-order valence-electron chi connectivity index (χ4n) is 14.7. The molecule has 7 aliphatic rings. The first kappa shape index (κ1) is 89.4. The summed E-state index contributed by atoms with van der Waals surface area (Å²) in [6.07, 6.45) is -16.6. The van der Waals surface area contributed by atoms with Gasteiger partial charge in [0, 0.05) is 63.8 Å². The second-order valence-corrected chi connectivity index (χ2v) is 31.7. The number of nitrogens with zero attached hydrogens (tertiary/aromatic N) is 1. The number of likely N-dealkylation sites (N-methyl/N-ethyl adjacent to an activating group) is 1. The summed E-state index contributed by atoms with van der Waals surface area (Å²) in [6, 6.07) is 5.70. The third-order valence-electron chi connectivity index (χ3n) is 20.8. The van der Waals surface area contributed by atoms with Crippen molar-refractivity contribution in [1.29, 1.82) is 0 Å². The number of rotatable bonds is 19. The summed E-state index contributed by atoms with van der Waals surface area (Å²) in [4.78, 5) is 142. The van der Waals surface area contributed by atoms with E-state index in [-0.39, 0.29) is 68.4 Å². The lowest BCUT2D eigenvalue weighted by molar-refractivity contribution is -0.334. The van der Waals surface area contributed by atoms with Crippen molar-refractivity contribution in [3.05, 3.63) is 175 Å². The minimum absolute atomic E-state index is 0.0471. The highest BCUT2D eigenvalue weighted by molar-refractivity contribution is 6.35. The molecular weight excluding hydrogens is 1670 g/mol. The van der Waals surface area contributed by atoms with Crippen LogP contribution in [0.1, 0.15) is 121 Å². The van der Waals surface area contributed by atoms with Crippen LogP contribution in [-0.4, -0.2) is 204 Å². The fraction of sp³-hybridized carbons (Fsp3) is 0.375. The summed E-state index contributed by atoms with van der Waals surface area (Å²) in [5.74, 6) is -15.9. The number of aliphatic hydroxyl groups excluding tert-OH is 6. The van der Waals surface area contributed by atoms with E-state index >= 15 is 24.0 Å². The third-order valence-corrected chi connectivity index (χ3v) is 21.9. The second-order valence-electron chi connectivity index (χ2n) is 30.0. The molecule has 0 saturated carbocycles. The lowest BCUT2D eigenvalue weighted by atomic mass is 9.84. The Labute approximate surface area is 709 Å². The summed E-state index contributed by atoms with van der Waals surface area (Å²) in [6.45, 7) is 5.71. The van der Waals surface area contributed by atoms with Gasteiger partial charge in [0.1, 0.15) is 95.5 Å². The van der Waals surface area contributed by atoms with E-state index in [1.807, 2.05) is 13.8 Å². The van der Waals surface area contributed by atoms with Gasteiger partial charge in [-0.25, -0.2) is 5.48 Å². The van der Waals surface area contributed by atoms with Crippen LogP contribution in [0.25, 0.3) is 11.1 Å². The number of aromatic hydroxyl groups is 3. The maximum atomic E-state index is 16.3. The van der Waals surface area contributed by atoms with Gasteiger partial charge in [-0.1, -0.05) is 78.5 Å². The normalized spacial score (nSPS) is 26.4. The van der Waals surface area contributed by atoms with Gasteiger partial charge in [0.05, 0.1) is 54.0 Å². The van der Waals surface area contributed by atoms with E-state index in [4.69, 9.17) is 85.4 Å². The van der Waals surface area contributed by atoms with Crippen LogP contribution in [-0.2, 0) is 63.9 Å². The van der Waals surface area contributed by atoms with Gasteiger partial charge >= 0.3 is 0 Å². The van der Waals surface area contributed by atoms with Crippen molar-refractivity contribution in [2.24, 2.45) is 11.7 Å². The Balaban J connectivity index is 1.03. The highest BCUT2D eigenvalue weighted by Crippen LogP contribution is 2.50. The van der Waals surface area contributed by atoms with Crippen LogP contribution < -0.4 is 73.3 Å². The predicted molar refractivity (Wildman–Crippen MR) is 428 cm³/mol. The number of carbonyl (C=O) groups is 9. The lowest BCUT2D eigenvalue weighted by Crippen LogP contribution is -2.65. The lowest BCUT2D eigenvalue weighted by Gasteiger charge is -2.48. The van der Waals surface area contributed by atoms with Crippen LogP contribution in [0.15, 0.2) is 116 Å². The molecule has 11 bridgehead atoms. The minimum atomic E-state index is -2.38. The standard InChI is InChI=1S/C80H86Cl4N12O25/c1-31(2)13-47(86-5)72(108)94-62-64(102)35-8-11-51(45(83)16-35)117-53-18-37-19-54(68(53)121-79-69(67(105)66(104)55(30-97)119-79)120-57-26-80(4,70(106)32(3)116-57)88-28-33-14-38(29-87-27-33)71(107)89-41-21-39(81)20-40(82)22-41)118-52-12-9-36(17-46(52)84)65(103)63-77(113)93-61(78(114)96-115-6)44-23-42(98)24-50(100)58(44)43-15-34(7-10-49(43)99)59(74(110)95-63)92-75(111)60(37)91-73(109)48(25-56(85)101)90-76(62)112/h7-12,14-24,27,29,31-32,47-48,55,57,59-67,69-70,79,86,88,97-100,102-106H,13,25-26,28,30H2,1-6H3,(H2,85,101)(H,89,107)(H,90,112)(H,91,109)(H,92,111)(H,93,113)(H,94,108)(H,95,110)(H,96,114)/t32?,47?,48?,55?,57?,59?,60?,61-,62?,63?,64?,65?,66?,67?,69?,70?,79?,80-/m1/s1. The number of hydrogen-bond acceptors (Lipinski definition) is 28. The number of hydroxylamine groups is 1. The zero-order valence-corrected chi connectivity index (χ0v) is 68.0. The molecule has 7 aliphatic heterocycles. The van der Waals surface area contributed by atoms with Gasteiger partial charge in [-0.2, -0.15) is 0 Å². The van der Waals surface area contributed by atoms with Gasteiger partial charge in [-0.3, -0.25) is 53.0 Å². The molecule has 37 nitrogen and oxygen atoms in total. The van der Waals surface area contributed by atoms with Crippen LogP contribution in [0, 0.1) is 5.92 Å². The maximum Gasteiger partial charge on any atom is 0.270 e. The average Bonchev–Trinajstić information content (AvgIpc) is 0.762. The molecule has 0 radical (unpaired) electrons. The molecule has 41 heteroatoms. The fourth-order valence-corrected chi connectivity index (χ4v) is 15.6. The predicted octanol–water partition coefficient (Wildman–Crippen LogP) is 3.48. The first-order valence-corrected chi connectivity index (χ1v) is 39.2. The number of carbonyl (C=O) groups excluding carboxylic acids is 9. The third kappa shape index (κ3) is 20.0. The van der Waals surface area contributed by atoms with E-state index in [9.17, 15) is 65.1 Å². The Morgan fingerprint density at radius 1 is 0.694 bits per heavy atom. The summed E-state index contributed by atoms with van der Waals surface area (Å²) >= 11 is 26.7. The quantitative estimate of drug-likeness (QED) is 0.0515. The van der Waals surface area contributed by atoms with E-state index in [0.717, 1.165) is 73.8 Å². The second kappa shape index (κ2) is 37.7. The molecule has 21 N–H and O–H groups in total. The van der Waals surface area contributed by atoms with E-state index in [0.29, 0.717) is 11.3 Å². The summed E-state index contributed by atoms with van der Waals surface area (Å²) in [5.41, 5.74) is 4.72. The SMILES string of the molecule is CNC(CC(C)C)C(=O)NC1C(=O)NC(CC(N)=O)C(=O)NC2C(=O)NC3C(=O)NC(C(=O)N[C@@H](C(=O)NOC)c4cc(O)cc(O)c4-c4cc3ccc4O)C(O)c3ccc(c(Cl)c3)Oc3cc2cc(c3OC2OC(CO)C(O)C(O)C2OC2C[C@@](C)(NCc3cncc(C(=O)Nc4cc(Cl)cc(Cl)c4)c3)C(O)C(C)O2)Oc2ccc(cc2Cl)C1O. The van der Waals surface area contributed by atoms with Crippen molar-refractivity contribution in [3.63, 3.8) is 0 Å². The number of nitrogens with two attached hydrogens (primary N) is 1. The first-order chi connectivity index (χ1) is 57.4. The zero-order valence-electron chi connectivity index (χ0n) is 65.0. The monoisotopic (exact) mass is 1750 g/mol. The number of nitrogens with one attached hydrogen (secondary N) is 10. The van der Waals surface area contributed by atoms with Crippen LogP contribution in [0.3, 0.4) is 0 Å². The molecule has 16 unspecified atom stereocenters. The molecule has 0 spiro atoms. The largest absolute Gasteiger partial charge is 0.508 e. The number of phenols is 3. The molecule has 121 heavy (non-hydrogen) atoms. The number of ether oxygens (including phenoxy) is 6. The molecular formula is C80H86Cl4N12O25. The number of aromatic nitrogens is 1. The number of primary amides is 1. The summed E-state index contributed by atoms with van der Waals surface area (Å²) in [5, 5.41) is 130. The van der Waals surface area contributed by atoms with Crippen LogP contribution in [0.4, 0.5) is 5.69 Å². The Hall–Kier alpha value is -10.8. The van der Waals surface area contributed by atoms with Gasteiger partial charge in [-0.15, -0.1) is 0 Å². The van der Waals surface area contributed by atoms with Gasteiger partial charge in [0.25, 0.3) is 11.8 Å². The van der Waals surface area contributed by atoms with Gasteiger partial charge in [0.2, 0.25) is 53.4 Å². The van der Waals surface area contributed by atoms with Gasteiger partial charge in [-0.05, 0) is 145 Å². The molecule has 14 rings (SSSR count). The van der Waals surface area contributed by atoms with Crippen molar-refractivity contribution in [2.45, 2.75) is 163 Å². The van der Waals surface area contributed by atoms with E-state index < -0.39 is 243 Å². The molecule has 8 heterocycles. The van der Waals surface area contributed by atoms with Crippen molar-refractivity contribution < 1.29 is 122 Å². The average molecular weight is 1760 g/mol. The van der Waals surface area contributed by atoms with Gasteiger partial charge in [0.15, 0.2) is 23.9 Å². The molecule has 18 atom stereocenters. The number of benzene rings is 6. The maximum absolute atomic E-state index is 16.3. The highest BCUT2D eigenvalue weighted by atomic mass is 35.5. The molecule has 1 aromatic heterocycles. The Morgan fingerprint density at radius 2 is 1.33 bits per heavy atom. The van der Waals surface area contributed by atoms with Crippen molar-refractivity contribution in [3.8, 4) is 57.1 Å². The number of aliphatic hydroxyl groups is 6. The van der Waals surface area contributed by atoms with E-state index in [1.165, 1.54) is 56.7 Å². The summed E-state index contributed by atoms with van der Waals surface area (Å²) in [7, 11) is 2.51. The number of amides is 9. The van der Waals surface area contributed by atoms with E-state index in [1.54, 1.807) is 13.0 Å². The summed E-state index contributed by atoms with van der Waals surface area (Å²) < 4.78 is 39.5. The Morgan fingerprint density at radius 3 is 1.96 bits per heavy atom. The Bertz CT molecular complexity index is 5150. The van der Waals surface area contributed by atoms with Crippen molar-refractivity contribution >= 4 is 105 Å². The number of hydrogen-bond donors (Lipinski definition) is 20. The molecule has 7 aromatic rings. The van der Waals surface area contributed by atoms with Crippen LogP contribution in [0.5, 0.6) is 46.0 Å². The topological polar surface area (TPSA) is 560 Å². The molecule has 0 aliphatic carbocycles. The Kier molecular flexibility index (Phi) is 27.8. The molecule has 6 aromatic carbocycles.